The van der Waals surface area contributed by atoms with Crippen LogP contribution in [0.5, 0.6) is 0 Å². The molecular formula is C17H23N3O3S. The van der Waals surface area contributed by atoms with Crippen molar-refractivity contribution in [3.8, 4) is 0 Å². The third-order valence-electron chi connectivity index (χ3n) is 4.72. The topological polar surface area (TPSA) is 78.5 Å². The molecule has 130 valence electrons. The van der Waals surface area contributed by atoms with Crippen LogP contribution in [0, 0.1) is 0 Å². The number of carbonyl (C=O) groups is 1. The summed E-state index contributed by atoms with van der Waals surface area (Å²) in [5, 5.41) is 3.37. The summed E-state index contributed by atoms with van der Waals surface area (Å²) in [5.41, 5.74) is 0.538. The van der Waals surface area contributed by atoms with Crippen molar-refractivity contribution in [2.75, 3.05) is 19.6 Å². The molecule has 0 aliphatic carbocycles. The maximum Gasteiger partial charge on any atom is 0.254 e. The van der Waals surface area contributed by atoms with Gasteiger partial charge in [0.15, 0.2) is 0 Å². The maximum atomic E-state index is 12.9. The van der Waals surface area contributed by atoms with E-state index in [1.807, 2.05) is 4.90 Å². The minimum Gasteiger partial charge on any atom is -0.331 e. The molecule has 3 rings (SSSR count). The molecule has 2 bridgehead atoms. The Kier molecular flexibility index (Phi) is 5.03. The zero-order valence-corrected chi connectivity index (χ0v) is 14.4. The highest BCUT2D eigenvalue weighted by Gasteiger charge is 2.38. The van der Waals surface area contributed by atoms with Crippen LogP contribution < -0.4 is 10.0 Å². The van der Waals surface area contributed by atoms with Crippen molar-refractivity contribution in [1.29, 1.82) is 0 Å². The molecule has 7 heteroatoms. The molecule has 1 amide bonds. The highest BCUT2D eigenvalue weighted by atomic mass is 32.2. The summed E-state index contributed by atoms with van der Waals surface area (Å²) >= 11 is 0. The second-order valence-corrected chi connectivity index (χ2v) is 8.02. The van der Waals surface area contributed by atoms with Crippen molar-refractivity contribution in [1.82, 2.24) is 14.9 Å². The van der Waals surface area contributed by atoms with Gasteiger partial charge in [-0.1, -0.05) is 6.08 Å². The minimum atomic E-state index is -3.56. The largest absolute Gasteiger partial charge is 0.331 e. The third kappa shape index (κ3) is 3.38. The first-order valence-electron chi connectivity index (χ1n) is 8.27. The van der Waals surface area contributed by atoms with Crippen LogP contribution in [0.2, 0.25) is 0 Å². The lowest BCUT2D eigenvalue weighted by Gasteiger charge is -2.28. The van der Waals surface area contributed by atoms with Crippen LogP contribution in [0.15, 0.2) is 41.8 Å². The third-order valence-corrected chi connectivity index (χ3v) is 6.16. The van der Waals surface area contributed by atoms with Gasteiger partial charge < -0.3 is 10.2 Å². The smallest absolute Gasteiger partial charge is 0.254 e. The summed E-state index contributed by atoms with van der Waals surface area (Å²) in [6, 6.07) is 6.69. The van der Waals surface area contributed by atoms with E-state index in [1.54, 1.807) is 12.1 Å². The van der Waals surface area contributed by atoms with Crippen LogP contribution in [-0.2, 0) is 10.0 Å². The van der Waals surface area contributed by atoms with Crippen molar-refractivity contribution in [3.05, 3.63) is 42.5 Å². The van der Waals surface area contributed by atoms with Gasteiger partial charge in [-0.2, -0.15) is 0 Å². The lowest BCUT2D eigenvalue weighted by atomic mass is 10.1. The maximum absolute atomic E-state index is 12.9. The SMILES string of the molecule is C=CCNS(=O)(=O)c1ccc(C(=O)N2C3CCNCC2CC3)cc1. The molecular weight excluding hydrogens is 326 g/mol. The molecule has 2 atom stereocenters. The van der Waals surface area contributed by atoms with Crippen LogP contribution in [-0.4, -0.2) is 50.9 Å². The van der Waals surface area contributed by atoms with Crippen molar-refractivity contribution in [3.63, 3.8) is 0 Å². The first-order chi connectivity index (χ1) is 11.5. The van der Waals surface area contributed by atoms with Crippen molar-refractivity contribution >= 4 is 15.9 Å². The van der Waals surface area contributed by atoms with E-state index in [0.29, 0.717) is 5.56 Å². The first-order valence-corrected chi connectivity index (χ1v) is 9.75. The first kappa shape index (κ1) is 17.1. The molecule has 2 heterocycles. The number of rotatable bonds is 5. The minimum absolute atomic E-state index is 0.00537. The zero-order valence-electron chi connectivity index (χ0n) is 13.6. The average molecular weight is 349 g/mol. The number of carbonyl (C=O) groups excluding carboxylic acids is 1. The van der Waals surface area contributed by atoms with E-state index in [4.69, 9.17) is 0 Å². The second-order valence-electron chi connectivity index (χ2n) is 6.26. The lowest BCUT2D eigenvalue weighted by molar-refractivity contribution is 0.0680. The Balaban J connectivity index is 1.78. The number of amides is 1. The number of fused-ring (bicyclic) bond motifs is 2. The van der Waals surface area contributed by atoms with E-state index in [0.717, 1.165) is 32.4 Å². The monoisotopic (exact) mass is 349 g/mol. The second kappa shape index (κ2) is 7.04. The van der Waals surface area contributed by atoms with E-state index in [9.17, 15) is 13.2 Å². The normalized spacial score (nSPS) is 23.8. The van der Waals surface area contributed by atoms with Gasteiger partial charge in [-0.15, -0.1) is 6.58 Å². The summed E-state index contributed by atoms with van der Waals surface area (Å²) in [4.78, 5) is 15.0. The molecule has 0 radical (unpaired) electrons. The van der Waals surface area contributed by atoms with Gasteiger partial charge in [0, 0.05) is 30.7 Å². The van der Waals surface area contributed by atoms with Crippen molar-refractivity contribution < 1.29 is 13.2 Å². The van der Waals surface area contributed by atoms with Crippen LogP contribution in [0.1, 0.15) is 29.6 Å². The molecule has 1 aromatic carbocycles. The zero-order chi connectivity index (χ0) is 17.2. The number of hydrogen-bond acceptors (Lipinski definition) is 4. The molecule has 0 saturated carbocycles. The van der Waals surface area contributed by atoms with Crippen LogP contribution in [0.25, 0.3) is 0 Å². The van der Waals surface area contributed by atoms with Gasteiger partial charge in [0.25, 0.3) is 5.91 Å². The number of nitrogens with zero attached hydrogens (tertiary/aromatic N) is 1. The molecule has 24 heavy (non-hydrogen) atoms. The molecule has 2 N–H and O–H groups in total. The van der Waals surface area contributed by atoms with E-state index < -0.39 is 10.0 Å². The van der Waals surface area contributed by atoms with E-state index >= 15 is 0 Å². The molecule has 0 aromatic heterocycles. The van der Waals surface area contributed by atoms with E-state index in [-0.39, 0.29) is 29.4 Å². The fraction of sp³-hybridized carbons (Fsp3) is 0.471. The van der Waals surface area contributed by atoms with Gasteiger partial charge in [0.1, 0.15) is 0 Å². The molecule has 6 nitrogen and oxygen atoms in total. The van der Waals surface area contributed by atoms with E-state index in [1.165, 1.54) is 18.2 Å². The van der Waals surface area contributed by atoms with E-state index in [2.05, 4.69) is 16.6 Å². The van der Waals surface area contributed by atoms with Gasteiger partial charge in [0.2, 0.25) is 10.0 Å². The fourth-order valence-corrected chi connectivity index (χ4v) is 4.49. The fourth-order valence-electron chi connectivity index (χ4n) is 3.49. The highest BCUT2D eigenvalue weighted by Crippen LogP contribution is 2.29. The van der Waals surface area contributed by atoms with Gasteiger partial charge in [-0.3, -0.25) is 4.79 Å². The quantitative estimate of drug-likeness (QED) is 0.781. The van der Waals surface area contributed by atoms with Crippen molar-refractivity contribution in [2.24, 2.45) is 0 Å². The van der Waals surface area contributed by atoms with Crippen LogP contribution in [0.3, 0.4) is 0 Å². The lowest BCUT2D eigenvalue weighted by Crippen LogP contribution is -2.42. The van der Waals surface area contributed by atoms with Gasteiger partial charge >= 0.3 is 0 Å². The average Bonchev–Trinajstić information content (AvgIpc) is 2.85. The Labute approximate surface area is 143 Å². The molecule has 2 aliphatic rings. The number of nitrogens with one attached hydrogen (secondary N) is 2. The van der Waals surface area contributed by atoms with Crippen LogP contribution in [0.4, 0.5) is 0 Å². The van der Waals surface area contributed by atoms with Gasteiger partial charge in [-0.05, 0) is 50.1 Å². The Hall–Kier alpha value is -1.70. The summed E-state index contributed by atoms with van der Waals surface area (Å²) in [5.74, 6) is -0.00537. The Morgan fingerprint density at radius 3 is 2.67 bits per heavy atom. The van der Waals surface area contributed by atoms with Crippen molar-refractivity contribution in [2.45, 2.75) is 36.2 Å². The highest BCUT2D eigenvalue weighted by molar-refractivity contribution is 7.89. The van der Waals surface area contributed by atoms with Gasteiger partial charge in [0.05, 0.1) is 4.90 Å². The van der Waals surface area contributed by atoms with Crippen LogP contribution >= 0.6 is 0 Å². The van der Waals surface area contributed by atoms with Gasteiger partial charge in [-0.25, -0.2) is 13.1 Å². The number of sulfonamides is 1. The molecule has 2 saturated heterocycles. The Bertz CT molecular complexity index is 701. The predicted molar refractivity (Wildman–Crippen MR) is 92.3 cm³/mol. The summed E-state index contributed by atoms with van der Waals surface area (Å²) in [6.45, 7) is 5.44. The molecule has 0 spiro atoms. The molecule has 2 aliphatic heterocycles. The Morgan fingerprint density at radius 1 is 1.25 bits per heavy atom. The summed E-state index contributed by atoms with van der Waals surface area (Å²) in [6.07, 6.45) is 4.54. The number of hydrogen-bond donors (Lipinski definition) is 2. The number of benzene rings is 1. The Morgan fingerprint density at radius 2 is 1.96 bits per heavy atom. The summed E-state index contributed by atoms with van der Waals surface area (Å²) < 4.78 is 26.6. The molecule has 2 fully saturated rings. The molecule has 1 aromatic rings. The molecule has 2 unspecified atom stereocenters. The predicted octanol–water partition coefficient (Wildman–Crippen LogP) is 1.12. The summed E-state index contributed by atoms with van der Waals surface area (Å²) in [7, 11) is -3.56. The standard InChI is InChI=1S/C17H23N3O3S/c1-2-10-19-24(22,23)16-7-3-13(4-8-16)17(21)20-14-5-6-15(20)12-18-11-9-14/h2-4,7-8,14-15,18-19H,1,5-6,9-12H2.